The van der Waals surface area contributed by atoms with Crippen LogP contribution in [-0.2, 0) is 0 Å². The van der Waals surface area contributed by atoms with Crippen LogP contribution in [-0.4, -0.2) is 30.6 Å². The maximum atomic E-state index is 5.98. The summed E-state index contributed by atoms with van der Waals surface area (Å²) >= 11 is 0. The Balaban J connectivity index is 2.55. The highest BCUT2D eigenvalue weighted by Gasteiger charge is 2.31. The van der Waals surface area contributed by atoms with Gasteiger partial charge in [0.15, 0.2) is 0 Å². The highest BCUT2D eigenvalue weighted by molar-refractivity contribution is 4.85. The third-order valence-electron chi connectivity index (χ3n) is 4.46. The molecule has 0 aromatic heterocycles. The monoisotopic (exact) mass is 226 g/mol. The third-order valence-corrected chi connectivity index (χ3v) is 4.46. The quantitative estimate of drug-likeness (QED) is 0.781. The molecule has 1 atom stereocenters. The van der Waals surface area contributed by atoms with Gasteiger partial charge >= 0.3 is 0 Å². The van der Waals surface area contributed by atoms with Gasteiger partial charge in [-0.15, -0.1) is 0 Å². The summed E-state index contributed by atoms with van der Waals surface area (Å²) < 4.78 is 0. The minimum Gasteiger partial charge on any atom is -0.329 e. The zero-order chi connectivity index (χ0) is 12.2. The zero-order valence-electron chi connectivity index (χ0n) is 11.6. The van der Waals surface area contributed by atoms with Crippen LogP contribution in [0.1, 0.15) is 53.4 Å². The van der Waals surface area contributed by atoms with Crippen molar-refractivity contribution < 1.29 is 0 Å². The normalized spacial score (nSPS) is 23.6. The topological polar surface area (TPSA) is 29.3 Å². The Morgan fingerprint density at radius 3 is 2.00 bits per heavy atom. The van der Waals surface area contributed by atoms with Crippen molar-refractivity contribution in [1.29, 1.82) is 0 Å². The lowest BCUT2D eigenvalue weighted by atomic mass is 9.81. The Bertz CT molecular complexity index is 187. The maximum absolute atomic E-state index is 5.98. The van der Waals surface area contributed by atoms with Crippen molar-refractivity contribution in [1.82, 2.24) is 4.90 Å². The fourth-order valence-corrected chi connectivity index (χ4v) is 2.93. The Morgan fingerprint density at radius 2 is 1.62 bits per heavy atom. The standard InChI is InChI=1S/C14H30N2/c1-5-12(6-2)13(11-15)16-9-7-14(3,4)8-10-16/h12-13H,5-11,15H2,1-4H3. The second kappa shape index (κ2) is 6.02. The molecule has 0 saturated carbocycles. The summed E-state index contributed by atoms with van der Waals surface area (Å²) in [7, 11) is 0. The Hall–Kier alpha value is -0.0800. The van der Waals surface area contributed by atoms with E-state index in [9.17, 15) is 0 Å². The smallest absolute Gasteiger partial charge is 0.0246 e. The van der Waals surface area contributed by atoms with Crippen LogP contribution in [0.15, 0.2) is 0 Å². The van der Waals surface area contributed by atoms with Crippen LogP contribution in [0.3, 0.4) is 0 Å². The molecule has 0 aliphatic carbocycles. The third kappa shape index (κ3) is 3.46. The van der Waals surface area contributed by atoms with E-state index in [0.29, 0.717) is 11.5 Å². The summed E-state index contributed by atoms with van der Waals surface area (Å²) in [4.78, 5) is 2.64. The van der Waals surface area contributed by atoms with E-state index in [4.69, 9.17) is 5.73 Å². The summed E-state index contributed by atoms with van der Waals surface area (Å²) in [5.74, 6) is 0.784. The second-order valence-corrected chi connectivity index (χ2v) is 6.08. The van der Waals surface area contributed by atoms with E-state index in [-0.39, 0.29) is 0 Å². The minimum atomic E-state index is 0.545. The molecule has 1 aliphatic rings. The van der Waals surface area contributed by atoms with Crippen molar-refractivity contribution in [2.75, 3.05) is 19.6 Å². The number of nitrogens with zero attached hydrogens (tertiary/aromatic N) is 1. The van der Waals surface area contributed by atoms with Crippen LogP contribution in [0.4, 0.5) is 0 Å². The molecule has 1 rings (SSSR count). The number of hydrogen-bond acceptors (Lipinski definition) is 2. The number of likely N-dealkylation sites (tertiary alicyclic amines) is 1. The molecule has 1 unspecified atom stereocenters. The van der Waals surface area contributed by atoms with E-state index in [1.165, 1.54) is 38.8 Å². The molecule has 0 aromatic carbocycles. The molecule has 1 fully saturated rings. The van der Waals surface area contributed by atoms with E-state index in [1.54, 1.807) is 0 Å². The van der Waals surface area contributed by atoms with Gasteiger partial charge in [0.25, 0.3) is 0 Å². The lowest BCUT2D eigenvalue weighted by Crippen LogP contribution is -2.50. The minimum absolute atomic E-state index is 0.545. The van der Waals surface area contributed by atoms with E-state index < -0.39 is 0 Å². The summed E-state index contributed by atoms with van der Waals surface area (Å²) in [5.41, 5.74) is 6.53. The van der Waals surface area contributed by atoms with Gasteiger partial charge in [-0.25, -0.2) is 0 Å². The molecule has 0 spiro atoms. The van der Waals surface area contributed by atoms with Gasteiger partial charge in [-0.3, -0.25) is 4.90 Å². The number of hydrogen-bond donors (Lipinski definition) is 1. The highest BCUT2D eigenvalue weighted by Crippen LogP contribution is 2.32. The Morgan fingerprint density at radius 1 is 1.12 bits per heavy atom. The van der Waals surface area contributed by atoms with Crippen LogP contribution >= 0.6 is 0 Å². The van der Waals surface area contributed by atoms with E-state index in [0.717, 1.165) is 12.5 Å². The summed E-state index contributed by atoms with van der Waals surface area (Å²) in [6, 6.07) is 0.617. The van der Waals surface area contributed by atoms with Crippen LogP contribution in [0, 0.1) is 11.3 Å². The zero-order valence-corrected chi connectivity index (χ0v) is 11.6. The molecule has 0 bridgehead atoms. The van der Waals surface area contributed by atoms with Crippen molar-refractivity contribution in [2.24, 2.45) is 17.1 Å². The Labute approximate surface area is 102 Å². The fraction of sp³-hybridized carbons (Fsp3) is 1.00. The lowest BCUT2D eigenvalue weighted by molar-refractivity contribution is 0.0672. The Kier molecular flexibility index (Phi) is 5.26. The van der Waals surface area contributed by atoms with Gasteiger partial charge in [0, 0.05) is 12.6 Å². The number of nitrogens with two attached hydrogens (primary N) is 1. The molecule has 2 heteroatoms. The summed E-state index contributed by atoms with van der Waals surface area (Å²) in [6.07, 6.45) is 5.17. The van der Waals surface area contributed by atoms with Crippen LogP contribution in [0.2, 0.25) is 0 Å². The molecule has 2 nitrogen and oxygen atoms in total. The molecule has 0 radical (unpaired) electrons. The van der Waals surface area contributed by atoms with Crippen molar-refractivity contribution in [2.45, 2.75) is 59.4 Å². The first-order valence-corrected chi connectivity index (χ1v) is 6.98. The molecule has 2 N–H and O–H groups in total. The first-order valence-electron chi connectivity index (χ1n) is 6.98. The molecular weight excluding hydrogens is 196 g/mol. The van der Waals surface area contributed by atoms with Gasteiger partial charge in [-0.1, -0.05) is 40.5 Å². The first-order chi connectivity index (χ1) is 7.54. The molecular formula is C14H30N2. The largest absolute Gasteiger partial charge is 0.329 e. The highest BCUT2D eigenvalue weighted by atomic mass is 15.2. The maximum Gasteiger partial charge on any atom is 0.0246 e. The van der Waals surface area contributed by atoms with Crippen LogP contribution in [0.25, 0.3) is 0 Å². The van der Waals surface area contributed by atoms with E-state index >= 15 is 0 Å². The molecule has 0 amide bonds. The van der Waals surface area contributed by atoms with Crippen LogP contribution < -0.4 is 5.73 Å². The van der Waals surface area contributed by atoms with E-state index in [2.05, 4.69) is 32.6 Å². The van der Waals surface area contributed by atoms with Crippen molar-refractivity contribution >= 4 is 0 Å². The average Bonchev–Trinajstić information content (AvgIpc) is 2.26. The van der Waals surface area contributed by atoms with Crippen molar-refractivity contribution in [3.63, 3.8) is 0 Å². The molecule has 96 valence electrons. The first kappa shape index (κ1) is 14.0. The summed E-state index contributed by atoms with van der Waals surface area (Å²) in [5, 5.41) is 0. The molecule has 1 heterocycles. The molecule has 1 aliphatic heterocycles. The lowest BCUT2D eigenvalue weighted by Gasteiger charge is -2.43. The molecule has 0 aromatic rings. The van der Waals surface area contributed by atoms with Gasteiger partial charge in [-0.05, 0) is 37.3 Å². The molecule has 16 heavy (non-hydrogen) atoms. The average molecular weight is 226 g/mol. The predicted molar refractivity (Wildman–Crippen MR) is 71.5 cm³/mol. The molecule has 1 saturated heterocycles. The van der Waals surface area contributed by atoms with Gasteiger partial charge < -0.3 is 5.73 Å². The van der Waals surface area contributed by atoms with Gasteiger partial charge in [-0.2, -0.15) is 0 Å². The van der Waals surface area contributed by atoms with Crippen LogP contribution in [0.5, 0.6) is 0 Å². The van der Waals surface area contributed by atoms with Gasteiger partial charge in [0.1, 0.15) is 0 Å². The fourth-order valence-electron chi connectivity index (χ4n) is 2.93. The second-order valence-electron chi connectivity index (χ2n) is 6.08. The van der Waals surface area contributed by atoms with Gasteiger partial charge in [0.05, 0.1) is 0 Å². The van der Waals surface area contributed by atoms with Crippen molar-refractivity contribution in [3.05, 3.63) is 0 Å². The van der Waals surface area contributed by atoms with Crippen molar-refractivity contribution in [3.8, 4) is 0 Å². The number of rotatable bonds is 5. The predicted octanol–water partition coefficient (Wildman–Crippen LogP) is 2.87. The summed E-state index contributed by atoms with van der Waals surface area (Å²) in [6.45, 7) is 12.7. The SMILES string of the molecule is CCC(CC)C(CN)N1CCC(C)(C)CC1. The number of piperidine rings is 1. The van der Waals surface area contributed by atoms with E-state index in [1.807, 2.05) is 0 Å². The van der Waals surface area contributed by atoms with Gasteiger partial charge in [0.2, 0.25) is 0 Å².